The van der Waals surface area contributed by atoms with Crippen molar-refractivity contribution in [1.29, 1.82) is 0 Å². The van der Waals surface area contributed by atoms with Gasteiger partial charge < -0.3 is 10.1 Å². The Kier molecular flexibility index (Phi) is 2.89. The van der Waals surface area contributed by atoms with Crippen molar-refractivity contribution in [1.82, 2.24) is 5.32 Å². The normalized spacial score (nSPS) is 34.4. The predicted octanol–water partition coefficient (Wildman–Crippen LogP) is 1.80. The van der Waals surface area contributed by atoms with Gasteiger partial charge in [-0.1, -0.05) is 13.8 Å². The fourth-order valence-corrected chi connectivity index (χ4v) is 1.92. The Morgan fingerprint density at radius 1 is 1.38 bits per heavy atom. The average Bonchev–Trinajstić information content (AvgIpc) is 2.79. The van der Waals surface area contributed by atoms with Crippen LogP contribution >= 0.6 is 0 Å². The van der Waals surface area contributed by atoms with Crippen molar-refractivity contribution >= 4 is 0 Å². The van der Waals surface area contributed by atoms with Gasteiger partial charge in [0.2, 0.25) is 0 Å². The Morgan fingerprint density at radius 2 is 2.15 bits per heavy atom. The molecule has 0 aromatic rings. The summed E-state index contributed by atoms with van der Waals surface area (Å²) >= 11 is 0. The van der Waals surface area contributed by atoms with E-state index in [4.69, 9.17) is 4.74 Å². The highest BCUT2D eigenvalue weighted by Crippen LogP contribution is 2.30. The van der Waals surface area contributed by atoms with Crippen molar-refractivity contribution in [3.63, 3.8) is 0 Å². The Balaban J connectivity index is 1.65. The van der Waals surface area contributed by atoms with Crippen LogP contribution in [0.1, 0.15) is 33.1 Å². The molecule has 2 heteroatoms. The number of nitrogens with one attached hydrogen (secondary N) is 1. The molecule has 0 aromatic carbocycles. The predicted molar refractivity (Wildman–Crippen MR) is 53.7 cm³/mol. The topological polar surface area (TPSA) is 21.3 Å². The molecule has 2 rings (SSSR count). The van der Waals surface area contributed by atoms with E-state index in [1.807, 2.05) is 0 Å². The van der Waals surface area contributed by atoms with Gasteiger partial charge in [-0.15, -0.1) is 0 Å². The van der Waals surface area contributed by atoms with Gasteiger partial charge >= 0.3 is 0 Å². The summed E-state index contributed by atoms with van der Waals surface area (Å²) in [6.07, 6.45) is 4.50. The standard InChI is InChI=1S/C11H21NO/c1-8(2)11-5-10(6-12-11)13-7-9-3-4-9/h8-12H,3-7H2,1-2H3/t10-,11-/m1/s1. The van der Waals surface area contributed by atoms with Crippen LogP contribution in [0.3, 0.4) is 0 Å². The monoisotopic (exact) mass is 183 g/mol. The molecule has 0 aromatic heterocycles. The largest absolute Gasteiger partial charge is 0.377 e. The van der Waals surface area contributed by atoms with Gasteiger partial charge in [-0.25, -0.2) is 0 Å². The SMILES string of the molecule is CC(C)[C@H]1C[C@@H](OCC2CC2)CN1. The quantitative estimate of drug-likeness (QED) is 0.717. The second-order valence-electron chi connectivity index (χ2n) is 4.89. The molecule has 0 radical (unpaired) electrons. The molecule has 2 fully saturated rings. The van der Waals surface area contributed by atoms with Crippen molar-refractivity contribution in [2.45, 2.75) is 45.3 Å². The zero-order chi connectivity index (χ0) is 9.26. The van der Waals surface area contributed by atoms with E-state index in [1.165, 1.54) is 19.3 Å². The highest BCUT2D eigenvalue weighted by Gasteiger charge is 2.29. The van der Waals surface area contributed by atoms with Crippen LogP contribution in [0.15, 0.2) is 0 Å². The van der Waals surface area contributed by atoms with Gasteiger partial charge in [0, 0.05) is 19.2 Å². The molecule has 1 aliphatic heterocycles. The first kappa shape index (κ1) is 9.47. The maximum absolute atomic E-state index is 5.84. The van der Waals surface area contributed by atoms with Gasteiger partial charge in [0.05, 0.1) is 6.10 Å². The van der Waals surface area contributed by atoms with Crippen molar-refractivity contribution in [3.8, 4) is 0 Å². The molecule has 2 atom stereocenters. The van der Waals surface area contributed by atoms with E-state index in [0.717, 1.165) is 25.0 Å². The van der Waals surface area contributed by atoms with Gasteiger partial charge in [-0.2, -0.15) is 0 Å². The summed E-state index contributed by atoms with van der Waals surface area (Å²) in [5.74, 6) is 1.65. The molecule has 2 aliphatic rings. The smallest absolute Gasteiger partial charge is 0.0714 e. The summed E-state index contributed by atoms with van der Waals surface area (Å²) in [5, 5.41) is 3.53. The van der Waals surface area contributed by atoms with E-state index in [9.17, 15) is 0 Å². The zero-order valence-corrected chi connectivity index (χ0v) is 8.75. The Hall–Kier alpha value is -0.0800. The number of rotatable bonds is 4. The highest BCUT2D eigenvalue weighted by atomic mass is 16.5. The van der Waals surface area contributed by atoms with E-state index in [-0.39, 0.29) is 0 Å². The van der Waals surface area contributed by atoms with Crippen molar-refractivity contribution in [3.05, 3.63) is 0 Å². The summed E-state index contributed by atoms with van der Waals surface area (Å²) < 4.78 is 5.84. The van der Waals surface area contributed by atoms with Crippen LogP contribution < -0.4 is 5.32 Å². The minimum atomic E-state index is 0.494. The molecule has 0 amide bonds. The van der Waals surface area contributed by atoms with Crippen molar-refractivity contribution in [2.75, 3.05) is 13.2 Å². The third-order valence-electron chi connectivity index (χ3n) is 3.19. The van der Waals surface area contributed by atoms with Gasteiger partial charge in [0.1, 0.15) is 0 Å². The summed E-state index contributed by atoms with van der Waals surface area (Å²) in [7, 11) is 0. The van der Waals surface area contributed by atoms with E-state index in [1.54, 1.807) is 0 Å². The number of ether oxygens (including phenoxy) is 1. The third kappa shape index (κ3) is 2.68. The van der Waals surface area contributed by atoms with Crippen LogP contribution in [0.5, 0.6) is 0 Å². The van der Waals surface area contributed by atoms with E-state index in [2.05, 4.69) is 19.2 Å². The lowest BCUT2D eigenvalue weighted by Crippen LogP contribution is -2.26. The first-order chi connectivity index (χ1) is 6.25. The van der Waals surface area contributed by atoms with Crippen LogP contribution in [0.4, 0.5) is 0 Å². The molecule has 1 N–H and O–H groups in total. The molecule has 1 heterocycles. The summed E-state index contributed by atoms with van der Waals surface area (Å²) in [6, 6.07) is 0.684. The molecule has 0 unspecified atom stereocenters. The maximum atomic E-state index is 5.84. The molecule has 1 aliphatic carbocycles. The lowest BCUT2D eigenvalue weighted by atomic mass is 10.0. The number of hydrogen-bond acceptors (Lipinski definition) is 2. The van der Waals surface area contributed by atoms with Crippen LogP contribution in [0.2, 0.25) is 0 Å². The highest BCUT2D eigenvalue weighted by molar-refractivity contribution is 4.85. The second-order valence-corrected chi connectivity index (χ2v) is 4.89. The van der Waals surface area contributed by atoms with Gasteiger partial charge in [-0.05, 0) is 31.1 Å². The van der Waals surface area contributed by atoms with Crippen molar-refractivity contribution < 1.29 is 4.74 Å². The minimum absolute atomic E-state index is 0.494. The molecule has 1 saturated carbocycles. The van der Waals surface area contributed by atoms with Crippen LogP contribution in [0, 0.1) is 11.8 Å². The lowest BCUT2D eigenvalue weighted by Gasteiger charge is -2.14. The van der Waals surface area contributed by atoms with Gasteiger partial charge in [0.25, 0.3) is 0 Å². The lowest BCUT2D eigenvalue weighted by molar-refractivity contribution is 0.0569. The second kappa shape index (κ2) is 3.97. The average molecular weight is 183 g/mol. The van der Waals surface area contributed by atoms with Crippen LogP contribution in [-0.4, -0.2) is 25.3 Å². The molecule has 2 nitrogen and oxygen atoms in total. The Bertz CT molecular complexity index is 165. The maximum Gasteiger partial charge on any atom is 0.0714 e. The summed E-state index contributed by atoms with van der Waals surface area (Å²) in [4.78, 5) is 0. The fourth-order valence-electron chi connectivity index (χ4n) is 1.92. The molecule has 0 bridgehead atoms. The molecular weight excluding hydrogens is 162 g/mol. The van der Waals surface area contributed by atoms with E-state index in [0.29, 0.717) is 12.1 Å². The van der Waals surface area contributed by atoms with Gasteiger partial charge in [-0.3, -0.25) is 0 Å². The zero-order valence-electron chi connectivity index (χ0n) is 8.75. The first-order valence-corrected chi connectivity index (χ1v) is 5.60. The molecule has 13 heavy (non-hydrogen) atoms. The third-order valence-corrected chi connectivity index (χ3v) is 3.19. The van der Waals surface area contributed by atoms with Crippen LogP contribution in [0.25, 0.3) is 0 Å². The number of hydrogen-bond donors (Lipinski definition) is 1. The Labute approximate surface area is 81.0 Å². The van der Waals surface area contributed by atoms with Gasteiger partial charge in [0.15, 0.2) is 0 Å². The van der Waals surface area contributed by atoms with E-state index < -0.39 is 0 Å². The molecule has 0 spiro atoms. The first-order valence-electron chi connectivity index (χ1n) is 5.60. The van der Waals surface area contributed by atoms with Crippen LogP contribution in [-0.2, 0) is 4.74 Å². The Morgan fingerprint density at radius 3 is 2.69 bits per heavy atom. The summed E-state index contributed by atoms with van der Waals surface area (Å²) in [5.41, 5.74) is 0. The minimum Gasteiger partial charge on any atom is -0.377 e. The van der Waals surface area contributed by atoms with Crippen molar-refractivity contribution in [2.24, 2.45) is 11.8 Å². The molecule has 76 valence electrons. The fraction of sp³-hybridized carbons (Fsp3) is 1.00. The van der Waals surface area contributed by atoms with E-state index >= 15 is 0 Å². The summed E-state index contributed by atoms with van der Waals surface area (Å²) in [6.45, 7) is 6.63. The molecule has 1 saturated heterocycles. The molecular formula is C11H21NO.